The van der Waals surface area contributed by atoms with Crippen LogP contribution in [0.2, 0.25) is 0 Å². The predicted molar refractivity (Wildman–Crippen MR) is 93.2 cm³/mol. The number of hydrogen-bond donors (Lipinski definition) is 2. The molecule has 0 saturated carbocycles. The lowest BCUT2D eigenvalue weighted by molar-refractivity contribution is 0.311. The summed E-state index contributed by atoms with van der Waals surface area (Å²) in [6.07, 6.45) is 5.07. The maximum absolute atomic E-state index is 5.52. The number of aliphatic imine (C=N–C) groups is 1. The second-order valence-electron chi connectivity index (χ2n) is 4.54. The molecule has 0 saturated heterocycles. The van der Waals surface area contributed by atoms with Crippen molar-refractivity contribution in [2.75, 3.05) is 32.1 Å². The van der Waals surface area contributed by atoms with Crippen LogP contribution in [-0.4, -0.2) is 32.8 Å². The van der Waals surface area contributed by atoms with Crippen LogP contribution in [0.15, 0.2) is 35.3 Å². The second-order valence-corrected chi connectivity index (χ2v) is 4.54. The molecular formula is C17H27N3O2. The van der Waals surface area contributed by atoms with E-state index in [9.17, 15) is 0 Å². The third kappa shape index (κ3) is 6.08. The summed E-state index contributed by atoms with van der Waals surface area (Å²) in [6.45, 7) is 8.17. The minimum absolute atomic E-state index is 0.609. The first kappa shape index (κ1) is 17.9. The normalized spacial score (nSPS) is 11.5. The topological polar surface area (TPSA) is 54.9 Å². The average Bonchev–Trinajstić information content (AvgIpc) is 2.53. The lowest BCUT2D eigenvalue weighted by Gasteiger charge is -2.14. The Morgan fingerprint density at radius 1 is 1.27 bits per heavy atom. The number of benzene rings is 1. The van der Waals surface area contributed by atoms with E-state index in [2.05, 4.69) is 21.7 Å². The first-order chi connectivity index (χ1) is 10.7. The van der Waals surface area contributed by atoms with Crippen molar-refractivity contribution in [1.82, 2.24) is 5.32 Å². The summed E-state index contributed by atoms with van der Waals surface area (Å²) in [4.78, 5) is 4.53. The first-order valence-electron chi connectivity index (χ1n) is 7.72. The van der Waals surface area contributed by atoms with Gasteiger partial charge in [0.25, 0.3) is 0 Å². The monoisotopic (exact) mass is 305 g/mol. The van der Waals surface area contributed by atoms with Gasteiger partial charge in [0.15, 0.2) is 17.5 Å². The van der Waals surface area contributed by atoms with Gasteiger partial charge in [0.05, 0.1) is 13.7 Å². The van der Waals surface area contributed by atoms with Crippen molar-refractivity contribution in [1.29, 1.82) is 0 Å². The molecule has 0 bridgehead atoms. The minimum Gasteiger partial charge on any atom is -0.493 e. The van der Waals surface area contributed by atoms with Gasteiger partial charge >= 0.3 is 0 Å². The minimum atomic E-state index is 0.609. The number of nitrogens with one attached hydrogen (secondary N) is 2. The van der Waals surface area contributed by atoms with E-state index < -0.39 is 0 Å². The van der Waals surface area contributed by atoms with Gasteiger partial charge in [-0.3, -0.25) is 4.99 Å². The number of rotatable bonds is 8. The number of methoxy groups -OCH3 is 1. The molecule has 0 aliphatic heterocycles. The van der Waals surface area contributed by atoms with Gasteiger partial charge in [-0.2, -0.15) is 0 Å². The van der Waals surface area contributed by atoms with Crippen molar-refractivity contribution in [3.8, 4) is 11.5 Å². The number of nitrogens with zero attached hydrogens (tertiary/aromatic N) is 1. The molecule has 0 radical (unpaired) electrons. The Labute approximate surface area is 133 Å². The van der Waals surface area contributed by atoms with E-state index in [0.29, 0.717) is 12.4 Å². The van der Waals surface area contributed by atoms with E-state index >= 15 is 0 Å². The van der Waals surface area contributed by atoms with E-state index in [1.807, 2.05) is 45.0 Å². The maximum Gasteiger partial charge on any atom is 0.195 e. The van der Waals surface area contributed by atoms with Crippen molar-refractivity contribution in [3.63, 3.8) is 0 Å². The molecule has 0 heterocycles. The van der Waals surface area contributed by atoms with E-state index in [-0.39, 0.29) is 0 Å². The summed E-state index contributed by atoms with van der Waals surface area (Å²) in [7, 11) is 1.64. The fraction of sp³-hybridized carbons (Fsp3) is 0.471. The summed E-state index contributed by atoms with van der Waals surface area (Å²) in [6, 6.07) is 5.75. The van der Waals surface area contributed by atoms with Crippen molar-refractivity contribution in [2.45, 2.75) is 27.2 Å². The molecule has 2 N–H and O–H groups in total. The van der Waals surface area contributed by atoms with Crippen LogP contribution in [0.4, 0.5) is 5.69 Å². The molecule has 0 aliphatic carbocycles. The fourth-order valence-corrected chi connectivity index (χ4v) is 1.88. The zero-order valence-corrected chi connectivity index (χ0v) is 14.0. The van der Waals surface area contributed by atoms with Crippen LogP contribution in [0.3, 0.4) is 0 Å². The van der Waals surface area contributed by atoms with Crippen LogP contribution < -0.4 is 20.1 Å². The molecule has 0 fully saturated rings. The molecule has 0 unspecified atom stereocenters. The summed E-state index contributed by atoms with van der Waals surface area (Å²) in [5.41, 5.74) is 0.908. The van der Waals surface area contributed by atoms with Crippen molar-refractivity contribution in [2.24, 2.45) is 4.99 Å². The molecule has 122 valence electrons. The quantitative estimate of drug-likeness (QED) is 0.334. The highest BCUT2D eigenvalue weighted by Gasteiger charge is 2.06. The Balaban J connectivity index is 2.79. The van der Waals surface area contributed by atoms with Gasteiger partial charge in [0.1, 0.15) is 0 Å². The van der Waals surface area contributed by atoms with Crippen LogP contribution >= 0.6 is 0 Å². The number of guanidine groups is 1. The van der Waals surface area contributed by atoms with Crippen molar-refractivity contribution < 1.29 is 9.47 Å². The summed E-state index contributed by atoms with van der Waals surface area (Å²) in [5.74, 6) is 2.21. The third-order valence-corrected chi connectivity index (χ3v) is 2.87. The van der Waals surface area contributed by atoms with Gasteiger partial charge < -0.3 is 20.1 Å². The molecule has 0 atom stereocenters. The zero-order chi connectivity index (χ0) is 16.2. The molecule has 5 nitrogen and oxygen atoms in total. The number of ether oxygens (including phenoxy) is 2. The molecule has 0 spiro atoms. The van der Waals surface area contributed by atoms with Gasteiger partial charge in [0.2, 0.25) is 0 Å². The number of anilines is 1. The molecule has 22 heavy (non-hydrogen) atoms. The summed E-state index contributed by atoms with van der Waals surface area (Å²) < 4.78 is 10.9. The Bertz CT molecular complexity index is 499. The second kappa shape index (κ2) is 10.5. The molecule has 1 aromatic carbocycles. The molecule has 1 rings (SSSR count). The van der Waals surface area contributed by atoms with Crippen LogP contribution in [0.1, 0.15) is 27.2 Å². The summed E-state index contributed by atoms with van der Waals surface area (Å²) >= 11 is 0. The van der Waals surface area contributed by atoms with Crippen LogP contribution in [-0.2, 0) is 0 Å². The fourth-order valence-electron chi connectivity index (χ4n) is 1.88. The standard InChI is InChI=1S/C17H27N3O2/c1-5-8-9-12-19-17(18-6-2)20-14-10-11-15(22-7-3)16(13-14)21-4/h5,8,10-11,13H,6-7,9,12H2,1-4H3,(H2,18,19,20)/b8-5+. The van der Waals surface area contributed by atoms with Gasteiger partial charge in [-0.05, 0) is 39.3 Å². The van der Waals surface area contributed by atoms with Gasteiger partial charge in [-0.25, -0.2) is 0 Å². The third-order valence-electron chi connectivity index (χ3n) is 2.87. The maximum atomic E-state index is 5.52. The van der Waals surface area contributed by atoms with Gasteiger partial charge in [-0.15, -0.1) is 0 Å². The molecule has 0 amide bonds. The van der Waals surface area contributed by atoms with Crippen LogP contribution in [0.5, 0.6) is 11.5 Å². The SMILES string of the molecule is C/C=C/CCN=C(NCC)Nc1ccc(OCC)c(OC)c1. The van der Waals surface area contributed by atoms with E-state index in [1.54, 1.807) is 7.11 Å². The Kier molecular flexibility index (Phi) is 8.57. The van der Waals surface area contributed by atoms with Gasteiger partial charge in [0, 0.05) is 24.8 Å². The van der Waals surface area contributed by atoms with E-state index in [1.165, 1.54) is 0 Å². The highest BCUT2D eigenvalue weighted by molar-refractivity contribution is 5.93. The van der Waals surface area contributed by atoms with Crippen LogP contribution in [0, 0.1) is 0 Å². The Morgan fingerprint density at radius 2 is 2.09 bits per heavy atom. The smallest absolute Gasteiger partial charge is 0.195 e. The lowest BCUT2D eigenvalue weighted by atomic mass is 10.2. The lowest BCUT2D eigenvalue weighted by Crippen LogP contribution is -2.30. The molecule has 0 aromatic heterocycles. The highest BCUT2D eigenvalue weighted by atomic mass is 16.5. The molecule has 5 heteroatoms. The van der Waals surface area contributed by atoms with Crippen molar-refractivity contribution >= 4 is 11.6 Å². The molecule has 1 aromatic rings. The number of allylic oxidation sites excluding steroid dienone is 1. The van der Waals surface area contributed by atoms with E-state index in [4.69, 9.17) is 9.47 Å². The largest absolute Gasteiger partial charge is 0.493 e. The Morgan fingerprint density at radius 3 is 2.73 bits per heavy atom. The van der Waals surface area contributed by atoms with E-state index in [0.717, 1.165) is 36.9 Å². The Hall–Kier alpha value is -2.17. The predicted octanol–water partition coefficient (Wildman–Crippen LogP) is 3.44. The number of hydrogen-bond acceptors (Lipinski definition) is 3. The van der Waals surface area contributed by atoms with Gasteiger partial charge in [-0.1, -0.05) is 12.2 Å². The molecular weight excluding hydrogens is 278 g/mol. The van der Waals surface area contributed by atoms with Crippen molar-refractivity contribution in [3.05, 3.63) is 30.4 Å². The molecule has 0 aliphatic rings. The average molecular weight is 305 g/mol. The zero-order valence-electron chi connectivity index (χ0n) is 14.0. The summed E-state index contributed by atoms with van der Waals surface area (Å²) in [5, 5.41) is 6.51. The van der Waals surface area contributed by atoms with Crippen LogP contribution in [0.25, 0.3) is 0 Å². The first-order valence-corrected chi connectivity index (χ1v) is 7.72. The highest BCUT2D eigenvalue weighted by Crippen LogP contribution is 2.30.